The first-order chi connectivity index (χ1) is 13.0. The van der Waals surface area contributed by atoms with Crippen molar-refractivity contribution < 1.29 is 18.7 Å². The molecule has 138 valence electrons. The van der Waals surface area contributed by atoms with Gasteiger partial charge in [0.1, 0.15) is 5.75 Å². The number of ether oxygens (including phenoxy) is 1. The van der Waals surface area contributed by atoms with Gasteiger partial charge in [-0.3, -0.25) is 9.59 Å². The van der Waals surface area contributed by atoms with Gasteiger partial charge in [-0.15, -0.1) is 0 Å². The molecule has 2 aromatic carbocycles. The first-order valence-electron chi connectivity index (χ1n) is 8.39. The number of carbonyl (C=O) groups excluding carboxylic acids is 2. The van der Waals surface area contributed by atoms with Gasteiger partial charge in [0.2, 0.25) is 0 Å². The van der Waals surface area contributed by atoms with Crippen LogP contribution in [0.1, 0.15) is 32.0 Å². The summed E-state index contributed by atoms with van der Waals surface area (Å²) in [4.78, 5) is 24.7. The Hall–Kier alpha value is -3.54. The van der Waals surface area contributed by atoms with Gasteiger partial charge in [-0.1, -0.05) is 6.07 Å². The Labute approximate surface area is 157 Å². The minimum absolute atomic E-state index is 0.200. The normalized spacial score (nSPS) is 10.3. The van der Waals surface area contributed by atoms with Crippen molar-refractivity contribution in [1.29, 1.82) is 0 Å². The van der Waals surface area contributed by atoms with E-state index in [1.54, 1.807) is 36.4 Å². The van der Waals surface area contributed by atoms with Crippen LogP contribution in [-0.2, 0) is 0 Å². The highest BCUT2D eigenvalue weighted by atomic mass is 16.5. The van der Waals surface area contributed by atoms with Crippen LogP contribution in [0, 0.1) is 13.8 Å². The fourth-order valence-corrected chi connectivity index (χ4v) is 2.56. The summed E-state index contributed by atoms with van der Waals surface area (Å²) in [7, 11) is 1.52. The second-order valence-corrected chi connectivity index (χ2v) is 6.10. The zero-order valence-corrected chi connectivity index (χ0v) is 15.3. The number of anilines is 2. The summed E-state index contributed by atoms with van der Waals surface area (Å²) in [5, 5.41) is 5.56. The number of aryl methyl sites for hydroxylation is 2. The lowest BCUT2D eigenvalue weighted by Crippen LogP contribution is -2.14. The average Bonchev–Trinajstić information content (AvgIpc) is 3.19. The predicted octanol–water partition coefficient (Wildman–Crippen LogP) is 4.41. The minimum Gasteiger partial charge on any atom is -0.495 e. The smallest absolute Gasteiger partial charge is 0.291 e. The topological polar surface area (TPSA) is 80.6 Å². The van der Waals surface area contributed by atoms with Gasteiger partial charge in [0, 0.05) is 11.3 Å². The summed E-state index contributed by atoms with van der Waals surface area (Å²) in [6.45, 7) is 3.95. The molecule has 0 unspecified atom stereocenters. The van der Waals surface area contributed by atoms with E-state index in [4.69, 9.17) is 9.15 Å². The van der Waals surface area contributed by atoms with E-state index in [0.717, 1.165) is 11.1 Å². The standard InChI is InChI=1S/C21H20N2O4/c1-13-6-7-15(11-14(13)2)20(24)23-17-12-16(8-9-18(17)26-3)22-21(25)19-5-4-10-27-19/h4-12H,1-3H3,(H,22,25)(H,23,24). The summed E-state index contributed by atoms with van der Waals surface area (Å²) >= 11 is 0. The van der Waals surface area contributed by atoms with Crippen LogP contribution in [0.5, 0.6) is 5.75 Å². The lowest BCUT2D eigenvalue weighted by Gasteiger charge is -2.13. The zero-order chi connectivity index (χ0) is 19.4. The monoisotopic (exact) mass is 364 g/mol. The van der Waals surface area contributed by atoms with Crippen molar-refractivity contribution in [3.05, 3.63) is 77.2 Å². The molecule has 1 aromatic heterocycles. The molecule has 3 rings (SSSR count). The number of carbonyl (C=O) groups is 2. The summed E-state index contributed by atoms with van der Waals surface area (Å²) in [5.74, 6) is 0.0530. The minimum atomic E-state index is -0.378. The molecular formula is C21H20N2O4. The molecule has 0 radical (unpaired) electrons. The second-order valence-electron chi connectivity index (χ2n) is 6.10. The van der Waals surface area contributed by atoms with E-state index in [1.807, 2.05) is 26.0 Å². The van der Waals surface area contributed by atoms with E-state index in [1.165, 1.54) is 13.4 Å². The van der Waals surface area contributed by atoms with Crippen molar-refractivity contribution in [3.63, 3.8) is 0 Å². The third-order valence-corrected chi connectivity index (χ3v) is 4.22. The van der Waals surface area contributed by atoms with Crippen LogP contribution in [0.25, 0.3) is 0 Å². The molecule has 2 N–H and O–H groups in total. The Morgan fingerprint density at radius 3 is 2.41 bits per heavy atom. The molecule has 1 heterocycles. The Bertz CT molecular complexity index is 978. The van der Waals surface area contributed by atoms with Gasteiger partial charge < -0.3 is 19.8 Å². The Morgan fingerprint density at radius 1 is 0.926 bits per heavy atom. The average molecular weight is 364 g/mol. The van der Waals surface area contributed by atoms with Crippen LogP contribution in [0.4, 0.5) is 11.4 Å². The molecular weight excluding hydrogens is 344 g/mol. The van der Waals surface area contributed by atoms with E-state index >= 15 is 0 Å². The molecule has 3 aromatic rings. The predicted molar refractivity (Wildman–Crippen MR) is 104 cm³/mol. The highest BCUT2D eigenvalue weighted by Gasteiger charge is 2.14. The number of nitrogens with one attached hydrogen (secondary N) is 2. The lowest BCUT2D eigenvalue weighted by atomic mass is 10.1. The SMILES string of the molecule is COc1ccc(NC(=O)c2ccco2)cc1NC(=O)c1ccc(C)c(C)c1. The van der Waals surface area contributed by atoms with E-state index < -0.39 is 0 Å². The quantitative estimate of drug-likeness (QED) is 0.703. The van der Waals surface area contributed by atoms with Crippen molar-refractivity contribution >= 4 is 23.2 Å². The molecule has 27 heavy (non-hydrogen) atoms. The maximum Gasteiger partial charge on any atom is 0.291 e. The third-order valence-electron chi connectivity index (χ3n) is 4.22. The molecule has 6 heteroatoms. The van der Waals surface area contributed by atoms with Crippen LogP contribution in [0.2, 0.25) is 0 Å². The molecule has 0 bridgehead atoms. The van der Waals surface area contributed by atoms with Crippen molar-refractivity contribution in [2.45, 2.75) is 13.8 Å². The zero-order valence-electron chi connectivity index (χ0n) is 15.3. The highest BCUT2D eigenvalue weighted by Crippen LogP contribution is 2.28. The van der Waals surface area contributed by atoms with Crippen LogP contribution in [0.3, 0.4) is 0 Å². The number of rotatable bonds is 5. The summed E-state index contributed by atoms with van der Waals surface area (Å²) in [6.07, 6.45) is 1.43. The first kappa shape index (κ1) is 18.3. The van der Waals surface area contributed by atoms with Crippen LogP contribution in [0.15, 0.2) is 59.2 Å². The molecule has 0 aliphatic carbocycles. The Balaban J connectivity index is 1.81. The largest absolute Gasteiger partial charge is 0.495 e. The van der Waals surface area contributed by atoms with E-state index in [0.29, 0.717) is 22.7 Å². The fourth-order valence-electron chi connectivity index (χ4n) is 2.56. The van der Waals surface area contributed by atoms with E-state index in [2.05, 4.69) is 10.6 Å². The van der Waals surface area contributed by atoms with Gasteiger partial charge in [-0.25, -0.2) is 0 Å². The maximum atomic E-state index is 12.6. The van der Waals surface area contributed by atoms with Crippen LogP contribution >= 0.6 is 0 Å². The van der Waals surface area contributed by atoms with Crippen LogP contribution < -0.4 is 15.4 Å². The highest BCUT2D eigenvalue weighted by molar-refractivity contribution is 6.06. The Kier molecular flexibility index (Phi) is 5.26. The second kappa shape index (κ2) is 7.78. The molecule has 0 saturated carbocycles. The van der Waals surface area contributed by atoms with Gasteiger partial charge in [0.15, 0.2) is 5.76 Å². The van der Waals surface area contributed by atoms with Gasteiger partial charge in [0.25, 0.3) is 11.8 Å². The number of benzene rings is 2. The lowest BCUT2D eigenvalue weighted by molar-refractivity contribution is 0.0995. The number of methoxy groups -OCH3 is 1. The molecule has 0 aliphatic heterocycles. The first-order valence-corrected chi connectivity index (χ1v) is 8.39. The van der Waals surface area contributed by atoms with Crippen molar-refractivity contribution in [2.24, 2.45) is 0 Å². The summed E-state index contributed by atoms with van der Waals surface area (Å²) in [6, 6.07) is 13.7. The fraction of sp³-hybridized carbons (Fsp3) is 0.143. The van der Waals surface area contributed by atoms with Crippen molar-refractivity contribution in [3.8, 4) is 5.75 Å². The number of furan rings is 1. The van der Waals surface area contributed by atoms with Crippen LogP contribution in [-0.4, -0.2) is 18.9 Å². The van der Waals surface area contributed by atoms with Crippen molar-refractivity contribution in [2.75, 3.05) is 17.7 Å². The van der Waals surface area contributed by atoms with Gasteiger partial charge in [0.05, 0.1) is 19.1 Å². The van der Waals surface area contributed by atoms with Crippen molar-refractivity contribution in [1.82, 2.24) is 0 Å². The molecule has 0 saturated heterocycles. The molecule has 0 atom stereocenters. The van der Waals surface area contributed by atoms with E-state index in [9.17, 15) is 9.59 Å². The molecule has 0 spiro atoms. The summed E-state index contributed by atoms with van der Waals surface area (Å²) in [5.41, 5.74) is 3.66. The van der Waals surface area contributed by atoms with Gasteiger partial charge in [-0.05, 0) is 67.4 Å². The summed E-state index contributed by atoms with van der Waals surface area (Å²) < 4.78 is 10.4. The van der Waals surface area contributed by atoms with E-state index in [-0.39, 0.29) is 17.6 Å². The number of amides is 2. The molecule has 6 nitrogen and oxygen atoms in total. The number of hydrogen-bond donors (Lipinski definition) is 2. The molecule has 2 amide bonds. The Morgan fingerprint density at radius 2 is 1.74 bits per heavy atom. The molecule has 0 aliphatic rings. The number of hydrogen-bond acceptors (Lipinski definition) is 4. The third kappa shape index (κ3) is 4.17. The van der Waals surface area contributed by atoms with Gasteiger partial charge in [-0.2, -0.15) is 0 Å². The van der Waals surface area contributed by atoms with Gasteiger partial charge >= 0.3 is 0 Å². The maximum absolute atomic E-state index is 12.6. The molecule has 0 fully saturated rings.